The van der Waals surface area contributed by atoms with Crippen LogP contribution in [0, 0.1) is 6.92 Å². The number of hydrogen-bond acceptors (Lipinski definition) is 3. The molecule has 0 fully saturated rings. The van der Waals surface area contributed by atoms with Gasteiger partial charge in [-0.15, -0.1) is 0 Å². The maximum absolute atomic E-state index is 11.9. The molecule has 1 rings (SSSR count). The monoisotopic (exact) mass is 253 g/mol. The number of benzene rings is 1. The number of sulfone groups is 1. The molecule has 0 bridgehead atoms. The summed E-state index contributed by atoms with van der Waals surface area (Å²) in [4.78, 5) is 0.398. The van der Waals surface area contributed by atoms with Gasteiger partial charge in [-0.2, -0.15) is 0 Å². The Labute approximate surface area is 103 Å². The quantitative estimate of drug-likeness (QED) is 0.789. The van der Waals surface area contributed by atoms with Crippen LogP contribution in [0.1, 0.15) is 18.4 Å². The molecule has 0 unspecified atom stereocenters. The van der Waals surface area contributed by atoms with Gasteiger partial charge in [-0.3, -0.25) is 0 Å². The molecule has 0 heterocycles. The van der Waals surface area contributed by atoms with Gasteiger partial charge in [-0.05, 0) is 38.4 Å². The minimum Gasteiger partial charge on any atom is -0.330 e. The molecule has 0 aliphatic carbocycles. The molecule has 94 valence electrons. The summed E-state index contributed by atoms with van der Waals surface area (Å²) in [5.41, 5.74) is 6.39. The molecule has 0 spiro atoms. The average Bonchev–Trinajstić information content (AvgIpc) is 2.29. The van der Waals surface area contributed by atoms with Crippen LogP contribution < -0.4 is 5.73 Å². The Bertz CT molecular complexity index is 461. The third-order valence-electron chi connectivity index (χ3n) is 2.43. The highest BCUT2D eigenvalue weighted by Gasteiger charge is 2.12. The Hall–Kier alpha value is -1.13. The predicted molar refractivity (Wildman–Crippen MR) is 70.7 cm³/mol. The largest absolute Gasteiger partial charge is 0.330 e. The summed E-state index contributed by atoms with van der Waals surface area (Å²) in [6.07, 6.45) is 5.13. The van der Waals surface area contributed by atoms with E-state index in [1.54, 1.807) is 12.1 Å². The van der Waals surface area contributed by atoms with Crippen LogP contribution in [0.4, 0.5) is 0 Å². The fourth-order valence-electron chi connectivity index (χ4n) is 1.42. The van der Waals surface area contributed by atoms with Crippen molar-refractivity contribution in [2.45, 2.75) is 24.7 Å². The fourth-order valence-corrected chi connectivity index (χ4v) is 2.65. The first-order valence-electron chi connectivity index (χ1n) is 5.71. The van der Waals surface area contributed by atoms with E-state index in [9.17, 15) is 8.42 Å². The van der Waals surface area contributed by atoms with Crippen molar-refractivity contribution in [1.29, 1.82) is 0 Å². The van der Waals surface area contributed by atoms with Crippen LogP contribution >= 0.6 is 0 Å². The Balaban J connectivity index is 2.60. The lowest BCUT2D eigenvalue weighted by molar-refractivity contribution is 0.595. The number of nitrogens with two attached hydrogens (primary N) is 1. The Morgan fingerprint density at radius 1 is 1.12 bits per heavy atom. The van der Waals surface area contributed by atoms with Crippen molar-refractivity contribution in [3.8, 4) is 0 Å². The lowest BCUT2D eigenvalue weighted by Gasteiger charge is -2.02. The topological polar surface area (TPSA) is 60.2 Å². The number of aryl methyl sites for hydroxylation is 1. The van der Waals surface area contributed by atoms with E-state index < -0.39 is 9.84 Å². The standard InChI is InChI=1S/C13H19NO2S/c1-12-6-8-13(9-7-12)17(15,16)11-5-3-2-4-10-14/h2-3,6-9H,4-5,10-11,14H2,1H3/b3-2-. The zero-order valence-corrected chi connectivity index (χ0v) is 10.9. The first-order chi connectivity index (χ1) is 8.06. The van der Waals surface area contributed by atoms with E-state index in [2.05, 4.69) is 0 Å². The molecule has 1 aromatic carbocycles. The van der Waals surface area contributed by atoms with Crippen molar-refractivity contribution in [1.82, 2.24) is 0 Å². The summed E-state index contributed by atoms with van der Waals surface area (Å²) < 4.78 is 23.8. The Kier molecular flexibility index (Phi) is 5.38. The summed E-state index contributed by atoms with van der Waals surface area (Å²) in [7, 11) is -3.15. The van der Waals surface area contributed by atoms with E-state index in [0.29, 0.717) is 17.9 Å². The zero-order valence-electron chi connectivity index (χ0n) is 10.1. The minimum atomic E-state index is -3.15. The van der Waals surface area contributed by atoms with Gasteiger partial charge in [-0.25, -0.2) is 8.42 Å². The van der Waals surface area contributed by atoms with E-state index in [-0.39, 0.29) is 5.75 Å². The molecule has 17 heavy (non-hydrogen) atoms. The molecule has 0 radical (unpaired) electrons. The van der Waals surface area contributed by atoms with E-state index in [1.807, 2.05) is 31.2 Å². The Morgan fingerprint density at radius 3 is 2.29 bits per heavy atom. The van der Waals surface area contributed by atoms with Gasteiger partial charge in [0.2, 0.25) is 0 Å². The van der Waals surface area contributed by atoms with Gasteiger partial charge in [0.05, 0.1) is 10.6 Å². The second kappa shape index (κ2) is 6.57. The van der Waals surface area contributed by atoms with E-state index in [4.69, 9.17) is 5.73 Å². The maximum Gasteiger partial charge on any atom is 0.178 e. The van der Waals surface area contributed by atoms with Crippen LogP contribution in [-0.2, 0) is 9.84 Å². The van der Waals surface area contributed by atoms with Crippen LogP contribution in [0.2, 0.25) is 0 Å². The van der Waals surface area contributed by atoms with Gasteiger partial charge < -0.3 is 5.73 Å². The average molecular weight is 253 g/mol. The molecule has 0 aliphatic heterocycles. The molecular formula is C13H19NO2S. The highest BCUT2D eigenvalue weighted by Crippen LogP contribution is 2.13. The van der Waals surface area contributed by atoms with Crippen molar-refractivity contribution in [2.24, 2.45) is 5.73 Å². The third-order valence-corrected chi connectivity index (χ3v) is 4.20. The molecule has 1 aromatic rings. The van der Waals surface area contributed by atoms with Crippen LogP contribution in [0.15, 0.2) is 41.3 Å². The van der Waals surface area contributed by atoms with Crippen molar-refractivity contribution in [3.05, 3.63) is 42.0 Å². The first kappa shape index (κ1) is 13.9. The normalized spacial score (nSPS) is 12.1. The molecular weight excluding hydrogens is 234 g/mol. The van der Waals surface area contributed by atoms with Crippen molar-refractivity contribution in [3.63, 3.8) is 0 Å². The molecule has 3 nitrogen and oxygen atoms in total. The SMILES string of the molecule is Cc1ccc(S(=O)(=O)CC/C=C\CCN)cc1. The number of hydrogen-bond donors (Lipinski definition) is 1. The van der Waals surface area contributed by atoms with Crippen LogP contribution in [0.5, 0.6) is 0 Å². The fraction of sp³-hybridized carbons (Fsp3) is 0.385. The lowest BCUT2D eigenvalue weighted by atomic mass is 10.2. The van der Waals surface area contributed by atoms with E-state index in [0.717, 1.165) is 12.0 Å². The van der Waals surface area contributed by atoms with E-state index >= 15 is 0 Å². The number of rotatable bonds is 6. The summed E-state index contributed by atoms with van der Waals surface area (Å²) in [6.45, 7) is 2.53. The first-order valence-corrected chi connectivity index (χ1v) is 7.36. The second-order valence-corrected chi connectivity index (χ2v) is 6.08. The van der Waals surface area contributed by atoms with Crippen molar-refractivity contribution >= 4 is 9.84 Å². The van der Waals surface area contributed by atoms with Crippen molar-refractivity contribution < 1.29 is 8.42 Å². The third kappa shape index (κ3) is 4.71. The predicted octanol–water partition coefficient (Wildman–Crippen LogP) is 2.06. The summed E-state index contributed by atoms with van der Waals surface area (Å²) in [5, 5.41) is 0. The van der Waals surface area contributed by atoms with Gasteiger partial charge >= 0.3 is 0 Å². The van der Waals surface area contributed by atoms with Crippen LogP contribution in [0.3, 0.4) is 0 Å². The lowest BCUT2D eigenvalue weighted by Crippen LogP contribution is -2.06. The van der Waals surface area contributed by atoms with Gasteiger partial charge in [0.15, 0.2) is 9.84 Å². The highest BCUT2D eigenvalue weighted by atomic mass is 32.2. The van der Waals surface area contributed by atoms with Crippen LogP contribution in [0.25, 0.3) is 0 Å². The molecule has 0 aromatic heterocycles. The van der Waals surface area contributed by atoms with Gasteiger partial charge in [0, 0.05) is 0 Å². The molecule has 0 aliphatic rings. The van der Waals surface area contributed by atoms with Crippen LogP contribution in [-0.4, -0.2) is 20.7 Å². The molecule has 2 N–H and O–H groups in total. The van der Waals surface area contributed by atoms with Crippen molar-refractivity contribution in [2.75, 3.05) is 12.3 Å². The smallest absolute Gasteiger partial charge is 0.178 e. The number of allylic oxidation sites excluding steroid dienone is 1. The van der Waals surface area contributed by atoms with Gasteiger partial charge in [0.25, 0.3) is 0 Å². The second-order valence-electron chi connectivity index (χ2n) is 3.97. The highest BCUT2D eigenvalue weighted by molar-refractivity contribution is 7.91. The molecule has 0 atom stereocenters. The van der Waals surface area contributed by atoms with Gasteiger partial charge in [0.1, 0.15) is 0 Å². The maximum atomic E-state index is 11.9. The van der Waals surface area contributed by atoms with E-state index in [1.165, 1.54) is 0 Å². The zero-order chi connectivity index (χ0) is 12.7. The Morgan fingerprint density at radius 2 is 1.71 bits per heavy atom. The van der Waals surface area contributed by atoms with Gasteiger partial charge in [-0.1, -0.05) is 29.8 Å². The molecule has 4 heteroatoms. The minimum absolute atomic E-state index is 0.150. The molecule has 0 saturated carbocycles. The summed E-state index contributed by atoms with van der Waals surface area (Å²) in [6, 6.07) is 6.96. The summed E-state index contributed by atoms with van der Waals surface area (Å²) in [5.74, 6) is 0.150. The molecule has 0 saturated heterocycles. The molecule has 0 amide bonds. The summed E-state index contributed by atoms with van der Waals surface area (Å²) >= 11 is 0.